The summed E-state index contributed by atoms with van der Waals surface area (Å²) in [5, 5.41) is 0. The highest BCUT2D eigenvalue weighted by molar-refractivity contribution is 7.87. The van der Waals surface area contributed by atoms with Crippen molar-refractivity contribution in [2.75, 3.05) is 0 Å². The predicted octanol–water partition coefficient (Wildman–Crippen LogP) is 9.46. The van der Waals surface area contributed by atoms with E-state index in [9.17, 15) is 26.0 Å². The molecule has 0 N–H and O–H groups in total. The number of hydrogen-bond acceptors (Lipinski definition) is 3. The maximum atomic E-state index is 14.9. The minimum atomic E-state index is -5.23. The fraction of sp³-hybridized carbons (Fsp3) is 0.613. The molecule has 214 valence electrons. The zero-order valence-corrected chi connectivity index (χ0v) is 23.5. The van der Waals surface area contributed by atoms with Crippen LogP contribution in [-0.2, 0) is 10.1 Å². The summed E-state index contributed by atoms with van der Waals surface area (Å²) < 4.78 is 91.2. The Bertz CT molecular complexity index is 1240. The van der Waals surface area contributed by atoms with E-state index in [0.717, 1.165) is 108 Å². The molecule has 3 fully saturated rings. The standard InChI is InChI=1S/C31H38F4O3S/c1-19-26(32)28(34)31(29(35)27(19)33)39(36,37)38-30-24(21-13-7-3-8-14-21)17-23(20-11-5-2-6-12-20)18-25(30)22-15-9-4-10-16-22/h17-18,20-22H,2-16H2,1H3. The molecule has 5 rings (SSSR count). The van der Waals surface area contributed by atoms with Crippen molar-refractivity contribution in [2.45, 2.75) is 126 Å². The van der Waals surface area contributed by atoms with E-state index in [1.165, 1.54) is 12.0 Å². The monoisotopic (exact) mass is 566 g/mol. The molecule has 3 aliphatic carbocycles. The summed E-state index contributed by atoms with van der Waals surface area (Å²) in [6, 6.07) is 4.12. The molecule has 0 atom stereocenters. The summed E-state index contributed by atoms with van der Waals surface area (Å²) in [5.74, 6) is -6.77. The van der Waals surface area contributed by atoms with Gasteiger partial charge < -0.3 is 4.18 Å². The molecule has 0 aliphatic heterocycles. The Labute approximate surface area is 229 Å². The van der Waals surface area contributed by atoms with Crippen LogP contribution in [0.2, 0.25) is 0 Å². The van der Waals surface area contributed by atoms with E-state index >= 15 is 0 Å². The van der Waals surface area contributed by atoms with E-state index in [1.54, 1.807) is 0 Å². The number of halogens is 4. The van der Waals surface area contributed by atoms with Gasteiger partial charge in [-0.05, 0) is 79.9 Å². The predicted molar refractivity (Wildman–Crippen MR) is 143 cm³/mol. The second-order valence-corrected chi connectivity index (χ2v) is 13.3. The van der Waals surface area contributed by atoms with Crippen LogP contribution in [0.1, 0.15) is 136 Å². The zero-order valence-electron chi connectivity index (χ0n) is 22.6. The molecule has 0 amide bonds. The molecule has 3 saturated carbocycles. The first-order chi connectivity index (χ1) is 18.7. The molecule has 3 aliphatic rings. The SMILES string of the molecule is Cc1c(F)c(F)c(S(=O)(=O)Oc2c(C3CCCCC3)cc(C3CCCCC3)cc2C2CCCCC2)c(F)c1F. The van der Waals surface area contributed by atoms with Gasteiger partial charge in [-0.25, -0.2) is 17.6 Å². The van der Waals surface area contributed by atoms with Crippen molar-refractivity contribution in [3.05, 3.63) is 57.7 Å². The fourth-order valence-corrected chi connectivity index (χ4v) is 8.11. The minimum absolute atomic E-state index is 0.0519. The molecule has 0 radical (unpaired) electrons. The third-order valence-corrected chi connectivity index (χ3v) is 10.5. The second-order valence-electron chi connectivity index (χ2n) is 11.8. The van der Waals surface area contributed by atoms with E-state index < -0.39 is 43.8 Å². The number of rotatable bonds is 6. The molecule has 3 nitrogen and oxygen atoms in total. The molecule has 8 heteroatoms. The number of hydrogen-bond donors (Lipinski definition) is 0. The molecule has 0 saturated heterocycles. The molecule has 0 spiro atoms. The summed E-state index contributed by atoms with van der Waals surface area (Å²) in [5.41, 5.74) is 1.79. The molecule has 0 unspecified atom stereocenters. The van der Waals surface area contributed by atoms with Crippen molar-refractivity contribution < 1.29 is 30.2 Å². The Kier molecular flexibility index (Phi) is 8.60. The average Bonchev–Trinajstić information content (AvgIpc) is 2.96. The lowest BCUT2D eigenvalue weighted by molar-refractivity contribution is 0.389. The van der Waals surface area contributed by atoms with Gasteiger partial charge in [-0.1, -0.05) is 69.9 Å². The van der Waals surface area contributed by atoms with Gasteiger partial charge in [0, 0.05) is 5.56 Å². The van der Waals surface area contributed by atoms with Crippen LogP contribution in [0.5, 0.6) is 5.75 Å². The van der Waals surface area contributed by atoms with Gasteiger partial charge in [0.05, 0.1) is 0 Å². The first-order valence-corrected chi connectivity index (χ1v) is 16.0. The molecule has 0 heterocycles. The zero-order chi connectivity index (χ0) is 27.7. The van der Waals surface area contributed by atoms with E-state index in [1.807, 2.05) is 0 Å². The smallest absolute Gasteiger partial charge is 0.345 e. The van der Waals surface area contributed by atoms with Crippen molar-refractivity contribution in [1.82, 2.24) is 0 Å². The van der Waals surface area contributed by atoms with Crippen LogP contribution >= 0.6 is 0 Å². The fourth-order valence-electron chi connectivity index (χ4n) is 6.99. The van der Waals surface area contributed by atoms with Crippen LogP contribution in [0, 0.1) is 30.2 Å². The van der Waals surface area contributed by atoms with Gasteiger partial charge in [0.1, 0.15) is 5.75 Å². The highest BCUT2D eigenvalue weighted by Gasteiger charge is 2.37. The van der Waals surface area contributed by atoms with Crippen LogP contribution in [0.25, 0.3) is 0 Å². The van der Waals surface area contributed by atoms with Crippen molar-refractivity contribution in [3.8, 4) is 5.75 Å². The Balaban J connectivity index is 1.68. The molecule has 2 aromatic rings. The first kappa shape index (κ1) is 28.4. The third-order valence-electron chi connectivity index (χ3n) is 9.22. The maximum absolute atomic E-state index is 14.9. The summed E-state index contributed by atoms with van der Waals surface area (Å²) in [7, 11) is -5.23. The lowest BCUT2D eigenvalue weighted by Crippen LogP contribution is -2.21. The van der Waals surface area contributed by atoms with Crippen LogP contribution in [0.3, 0.4) is 0 Å². The quantitative estimate of drug-likeness (QED) is 0.199. The van der Waals surface area contributed by atoms with Crippen molar-refractivity contribution >= 4 is 10.1 Å². The third kappa shape index (κ3) is 5.73. The van der Waals surface area contributed by atoms with Crippen molar-refractivity contribution in [1.29, 1.82) is 0 Å². The first-order valence-electron chi connectivity index (χ1n) is 14.6. The summed E-state index contributed by atoms with van der Waals surface area (Å²) in [6.07, 6.45) is 15.3. The summed E-state index contributed by atoms with van der Waals surface area (Å²) in [6.45, 7) is 0.862. The molecule has 2 aromatic carbocycles. The molecule has 0 bridgehead atoms. The topological polar surface area (TPSA) is 43.4 Å². The average molecular weight is 567 g/mol. The highest BCUT2D eigenvalue weighted by Crippen LogP contribution is 2.48. The van der Waals surface area contributed by atoms with Crippen molar-refractivity contribution in [3.63, 3.8) is 0 Å². The number of benzene rings is 2. The highest BCUT2D eigenvalue weighted by atomic mass is 32.2. The van der Waals surface area contributed by atoms with Crippen LogP contribution in [0.15, 0.2) is 17.0 Å². The Morgan fingerprint density at radius 2 is 1.00 bits per heavy atom. The largest absolute Gasteiger partial charge is 0.378 e. The Morgan fingerprint density at radius 1 is 0.615 bits per heavy atom. The van der Waals surface area contributed by atoms with Gasteiger partial charge in [0.2, 0.25) is 0 Å². The van der Waals surface area contributed by atoms with E-state index in [2.05, 4.69) is 12.1 Å². The molecule has 39 heavy (non-hydrogen) atoms. The minimum Gasteiger partial charge on any atom is -0.378 e. The molecular weight excluding hydrogens is 528 g/mol. The van der Waals surface area contributed by atoms with Gasteiger partial charge >= 0.3 is 10.1 Å². The Morgan fingerprint density at radius 3 is 1.41 bits per heavy atom. The lowest BCUT2D eigenvalue weighted by atomic mass is 9.75. The van der Waals surface area contributed by atoms with Gasteiger partial charge in [-0.15, -0.1) is 0 Å². The van der Waals surface area contributed by atoms with E-state index in [0.29, 0.717) is 5.92 Å². The Hall–Kier alpha value is -2.09. The molecule has 0 aromatic heterocycles. The van der Waals surface area contributed by atoms with Gasteiger partial charge in [0.25, 0.3) is 0 Å². The van der Waals surface area contributed by atoms with Gasteiger partial charge in [-0.3, -0.25) is 0 Å². The van der Waals surface area contributed by atoms with E-state index in [-0.39, 0.29) is 17.6 Å². The summed E-state index contributed by atoms with van der Waals surface area (Å²) in [4.78, 5) is -1.70. The normalized spacial score (nSPS) is 20.3. The van der Waals surface area contributed by atoms with Crippen LogP contribution in [0.4, 0.5) is 17.6 Å². The summed E-state index contributed by atoms with van der Waals surface area (Å²) >= 11 is 0. The van der Waals surface area contributed by atoms with Gasteiger partial charge in [-0.2, -0.15) is 8.42 Å². The van der Waals surface area contributed by atoms with Gasteiger partial charge in [0.15, 0.2) is 28.2 Å². The van der Waals surface area contributed by atoms with Crippen molar-refractivity contribution in [2.24, 2.45) is 0 Å². The van der Waals surface area contributed by atoms with Crippen LogP contribution < -0.4 is 4.18 Å². The maximum Gasteiger partial charge on any atom is 0.345 e. The van der Waals surface area contributed by atoms with E-state index in [4.69, 9.17) is 4.18 Å². The second kappa shape index (κ2) is 11.8. The molecular formula is C31H38F4O3S. The van der Waals surface area contributed by atoms with Crippen LogP contribution in [-0.4, -0.2) is 8.42 Å². The lowest BCUT2D eigenvalue weighted by Gasteiger charge is -2.32.